The van der Waals surface area contributed by atoms with Crippen LogP contribution in [0.1, 0.15) is 0 Å². The highest BCUT2D eigenvalue weighted by molar-refractivity contribution is 8.57. The third-order valence-corrected chi connectivity index (χ3v) is 14.0. The van der Waals surface area contributed by atoms with Gasteiger partial charge >= 0.3 is 0 Å². The number of benzene rings is 1. The van der Waals surface area contributed by atoms with Crippen LogP contribution in [-0.2, 0) is 0 Å². The van der Waals surface area contributed by atoms with E-state index in [9.17, 15) is 0 Å². The molecule has 0 atom stereocenters. The second-order valence-corrected chi connectivity index (χ2v) is 16.7. The number of fused-ring (bicyclic) bond motifs is 1. The minimum atomic E-state index is -1.13. The molecule has 0 radical (unpaired) electrons. The van der Waals surface area contributed by atoms with Gasteiger partial charge in [0.15, 0.2) is 0 Å². The van der Waals surface area contributed by atoms with Gasteiger partial charge in [0, 0.05) is 12.5 Å². The highest BCUT2D eigenvalue weighted by Crippen LogP contribution is 2.77. The van der Waals surface area contributed by atoms with Crippen LogP contribution in [0.2, 0.25) is 0 Å². The number of hydrogen-bond acceptors (Lipinski definition) is 2. The molecule has 0 aliphatic carbocycles. The van der Waals surface area contributed by atoms with Crippen LogP contribution in [0.25, 0.3) is 0 Å². The fraction of sp³-hybridized carbons (Fsp3) is 0.375. The summed E-state index contributed by atoms with van der Waals surface area (Å²) in [6.07, 6.45) is 14.1. The Kier molecular flexibility index (Phi) is 4.15. The van der Waals surface area contributed by atoms with Crippen LogP contribution < -0.4 is 7.42 Å². The second kappa shape index (κ2) is 5.21. The van der Waals surface area contributed by atoms with Crippen LogP contribution in [-0.4, -0.2) is 37.5 Å². The molecule has 0 N–H and O–H groups in total. The molecule has 0 saturated heterocycles. The van der Waals surface area contributed by atoms with Gasteiger partial charge in [0.1, 0.15) is 0 Å². The average molecular weight is 345 g/mol. The van der Waals surface area contributed by atoms with Gasteiger partial charge in [-0.3, -0.25) is 7.42 Å². The van der Waals surface area contributed by atoms with Crippen LogP contribution in [0.15, 0.2) is 48.2 Å². The summed E-state index contributed by atoms with van der Waals surface area (Å²) in [7, 11) is -3.23. The molecule has 0 saturated carbocycles. The Bertz CT molecular complexity index is 530. The van der Waals surface area contributed by atoms with Crippen molar-refractivity contribution in [3.63, 3.8) is 0 Å². The van der Waals surface area contributed by atoms with Crippen molar-refractivity contribution in [2.24, 2.45) is 0 Å². The summed E-state index contributed by atoms with van der Waals surface area (Å²) < 4.78 is 5.28. The topological polar surface area (TPSA) is 6.48 Å². The molecular formula is C16H28N2S3. The zero-order valence-corrected chi connectivity index (χ0v) is 16.4. The molecular weight excluding hydrogens is 316 g/mol. The number of anilines is 2. The first kappa shape index (κ1) is 16.7. The van der Waals surface area contributed by atoms with Crippen LogP contribution in [0.4, 0.5) is 11.4 Å². The first-order valence-corrected chi connectivity index (χ1v) is 14.0. The fourth-order valence-corrected chi connectivity index (χ4v) is 14.3. The van der Waals surface area contributed by atoms with E-state index < -0.39 is 30.8 Å². The van der Waals surface area contributed by atoms with E-state index in [0.717, 1.165) is 0 Å². The molecule has 120 valence electrons. The van der Waals surface area contributed by atoms with Crippen molar-refractivity contribution in [3.8, 4) is 0 Å². The zero-order valence-electron chi connectivity index (χ0n) is 14.0. The Labute approximate surface area is 135 Å². The van der Waals surface area contributed by atoms with Gasteiger partial charge in [0.2, 0.25) is 0 Å². The van der Waals surface area contributed by atoms with Crippen molar-refractivity contribution in [1.29, 1.82) is 0 Å². The lowest BCUT2D eigenvalue weighted by Crippen LogP contribution is -2.34. The highest BCUT2D eigenvalue weighted by Gasteiger charge is 2.46. The lowest BCUT2D eigenvalue weighted by Gasteiger charge is -2.57. The molecule has 21 heavy (non-hydrogen) atoms. The van der Waals surface area contributed by atoms with Crippen LogP contribution in [0, 0.1) is 0 Å². The molecule has 2 nitrogen and oxygen atoms in total. The minimum Gasteiger partial charge on any atom is -0.275 e. The molecule has 2 rings (SSSR count). The first-order chi connectivity index (χ1) is 9.59. The van der Waals surface area contributed by atoms with E-state index in [1.165, 1.54) is 11.4 Å². The van der Waals surface area contributed by atoms with Gasteiger partial charge in [-0.2, -0.15) is 0 Å². The summed E-state index contributed by atoms with van der Waals surface area (Å²) >= 11 is 0. The summed E-state index contributed by atoms with van der Waals surface area (Å²) in [6.45, 7) is 8.20. The fourth-order valence-electron chi connectivity index (χ4n) is 2.90. The van der Waals surface area contributed by atoms with Gasteiger partial charge in [-0.25, -0.2) is 0 Å². The highest BCUT2D eigenvalue weighted by atomic mass is 32.4. The van der Waals surface area contributed by atoms with Gasteiger partial charge in [0.05, 0.1) is 11.4 Å². The Morgan fingerprint density at radius 3 is 1.48 bits per heavy atom. The van der Waals surface area contributed by atoms with Crippen molar-refractivity contribution in [1.82, 2.24) is 0 Å². The molecule has 0 spiro atoms. The maximum absolute atomic E-state index is 4.10. The van der Waals surface area contributed by atoms with Crippen LogP contribution in [0.5, 0.6) is 0 Å². The van der Waals surface area contributed by atoms with Gasteiger partial charge in [-0.05, 0) is 48.0 Å². The standard InChI is InChI=1S/C16H28N2S3/c1-9-19(3,4)17-15-13-11-12-14-16(15)18(21(17,7)8)20(5,6)10-2/h9-14H,1-2H2,3-8H3. The lowest BCUT2D eigenvalue weighted by atomic mass is 10.3. The van der Waals surface area contributed by atoms with E-state index in [0.29, 0.717) is 0 Å². The maximum atomic E-state index is 4.10. The van der Waals surface area contributed by atoms with Crippen LogP contribution in [0.3, 0.4) is 0 Å². The quantitative estimate of drug-likeness (QED) is 0.716. The van der Waals surface area contributed by atoms with Gasteiger partial charge in [-0.1, -0.05) is 35.7 Å². The van der Waals surface area contributed by atoms with Crippen LogP contribution >= 0.6 is 30.8 Å². The molecule has 0 bridgehead atoms. The van der Waals surface area contributed by atoms with E-state index in [2.05, 4.69) is 93.2 Å². The molecule has 1 aliphatic heterocycles. The third-order valence-electron chi connectivity index (χ3n) is 3.76. The number of para-hydroxylation sites is 2. The van der Waals surface area contributed by atoms with E-state index in [4.69, 9.17) is 0 Å². The molecule has 1 heterocycles. The van der Waals surface area contributed by atoms with Crippen molar-refractivity contribution >= 4 is 42.2 Å². The summed E-state index contributed by atoms with van der Waals surface area (Å²) in [4.78, 5) is 0. The summed E-state index contributed by atoms with van der Waals surface area (Å²) in [5.41, 5.74) is 2.69. The SMILES string of the molecule is C=CS(C)(C)N1c2ccccc2N(S(C)(C)C=C)S1(C)C. The third kappa shape index (κ3) is 2.49. The Morgan fingerprint density at radius 2 is 1.19 bits per heavy atom. The Balaban J connectivity index is 2.73. The normalized spacial score (nSPS) is 20.7. The lowest BCUT2D eigenvalue weighted by molar-refractivity contribution is 1.59. The smallest absolute Gasteiger partial charge is 0.0831 e. The number of nitrogens with zero attached hydrogens (tertiary/aromatic N) is 2. The van der Waals surface area contributed by atoms with Crippen molar-refractivity contribution in [2.45, 2.75) is 0 Å². The molecule has 0 amide bonds. The van der Waals surface area contributed by atoms with E-state index in [1.54, 1.807) is 0 Å². The van der Waals surface area contributed by atoms with E-state index in [-0.39, 0.29) is 0 Å². The zero-order chi connectivity index (χ0) is 16.1. The number of rotatable bonds is 4. The van der Waals surface area contributed by atoms with Crippen molar-refractivity contribution in [3.05, 3.63) is 48.2 Å². The molecule has 1 aromatic rings. The number of hydrogen-bond donors (Lipinski definition) is 0. The predicted octanol–water partition coefficient (Wildman–Crippen LogP) is 5.45. The maximum Gasteiger partial charge on any atom is 0.0831 e. The molecule has 0 fully saturated rings. The first-order valence-electron chi connectivity index (χ1n) is 6.74. The minimum absolute atomic E-state index is 1.05. The summed E-state index contributed by atoms with van der Waals surface area (Å²) in [5, 5.41) is 4.27. The Hall–Kier alpha value is -0.650. The summed E-state index contributed by atoms with van der Waals surface area (Å²) in [6, 6.07) is 8.78. The van der Waals surface area contributed by atoms with E-state index in [1.807, 2.05) is 0 Å². The summed E-state index contributed by atoms with van der Waals surface area (Å²) in [5.74, 6) is 0. The molecule has 1 aliphatic rings. The largest absolute Gasteiger partial charge is 0.275 e. The van der Waals surface area contributed by atoms with Gasteiger partial charge in [0.25, 0.3) is 0 Å². The second-order valence-electron chi connectivity index (χ2n) is 6.26. The van der Waals surface area contributed by atoms with Crippen molar-refractivity contribution in [2.75, 3.05) is 45.0 Å². The average Bonchev–Trinajstić information content (AvgIpc) is 2.65. The Morgan fingerprint density at radius 1 is 0.857 bits per heavy atom. The van der Waals surface area contributed by atoms with Crippen molar-refractivity contribution < 1.29 is 0 Å². The predicted molar refractivity (Wildman–Crippen MR) is 110 cm³/mol. The van der Waals surface area contributed by atoms with E-state index >= 15 is 0 Å². The molecule has 0 aromatic heterocycles. The monoisotopic (exact) mass is 344 g/mol. The molecule has 5 heteroatoms. The van der Waals surface area contributed by atoms with Gasteiger partial charge < -0.3 is 0 Å². The van der Waals surface area contributed by atoms with Gasteiger partial charge in [-0.15, -0.1) is 20.4 Å². The molecule has 1 aromatic carbocycles. The molecule has 0 unspecified atom stereocenters.